The van der Waals surface area contributed by atoms with Crippen LogP contribution < -0.4 is 4.90 Å². The van der Waals surface area contributed by atoms with Crippen LogP contribution in [0.2, 0.25) is 0 Å². The zero-order valence-electron chi connectivity index (χ0n) is 11.5. The molecule has 3 nitrogen and oxygen atoms in total. The lowest BCUT2D eigenvalue weighted by atomic mass is 10.1. The summed E-state index contributed by atoms with van der Waals surface area (Å²) in [5.41, 5.74) is 5.38. The second-order valence-electron chi connectivity index (χ2n) is 5.26. The molecule has 2 aromatic rings. The summed E-state index contributed by atoms with van der Waals surface area (Å²) in [4.78, 5) is 13.4. The van der Waals surface area contributed by atoms with Crippen LogP contribution in [-0.2, 0) is 13.0 Å². The van der Waals surface area contributed by atoms with Gasteiger partial charge >= 0.3 is 5.97 Å². The van der Waals surface area contributed by atoms with Crippen molar-refractivity contribution < 1.29 is 9.90 Å². The molecule has 0 amide bonds. The van der Waals surface area contributed by atoms with Crippen LogP contribution in [0.1, 0.15) is 27.0 Å². The predicted molar refractivity (Wildman–Crippen MR) is 79.3 cm³/mol. The first kappa shape index (κ1) is 12.7. The minimum atomic E-state index is -0.871. The molecule has 0 saturated heterocycles. The van der Waals surface area contributed by atoms with Crippen LogP contribution in [0.25, 0.3) is 0 Å². The molecule has 1 heterocycles. The van der Waals surface area contributed by atoms with Crippen LogP contribution in [0.15, 0.2) is 42.5 Å². The number of carbonyl (C=O) groups is 1. The van der Waals surface area contributed by atoms with Crippen LogP contribution in [0.4, 0.5) is 5.69 Å². The van der Waals surface area contributed by atoms with E-state index in [0.29, 0.717) is 5.56 Å². The lowest BCUT2D eigenvalue weighted by Crippen LogP contribution is -2.20. The van der Waals surface area contributed by atoms with Crippen LogP contribution >= 0.6 is 0 Å². The maximum atomic E-state index is 11.0. The Hall–Kier alpha value is -2.29. The Kier molecular flexibility index (Phi) is 3.18. The molecule has 102 valence electrons. The molecule has 0 fully saturated rings. The highest BCUT2D eigenvalue weighted by Crippen LogP contribution is 2.32. The van der Waals surface area contributed by atoms with Crippen molar-refractivity contribution in [1.29, 1.82) is 0 Å². The van der Waals surface area contributed by atoms with Crippen LogP contribution in [0.5, 0.6) is 0 Å². The molecule has 0 radical (unpaired) electrons. The third-order valence-corrected chi connectivity index (χ3v) is 3.84. The van der Waals surface area contributed by atoms with Crippen LogP contribution in [0, 0.1) is 6.92 Å². The Morgan fingerprint density at radius 2 is 2.05 bits per heavy atom. The van der Waals surface area contributed by atoms with E-state index >= 15 is 0 Å². The first-order valence-corrected chi connectivity index (χ1v) is 6.81. The summed E-state index contributed by atoms with van der Waals surface area (Å²) >= 11 is 0. The summed E-state index contributed by atoms with van der Waals surface area (Å²) in [6.07, 6.45) is 1.07. The fourth-order valence-electron chi connectivity index (χ4n) is 2.92. The summed E-state index contributed by atoms with van der Waals surface area (Å²) in [6.45, 7) is 3.89. The minimum absolute atomic E-state index is 0.353. The molecule has 20 heavy (non-hydrogen) atoms. The highest BCUT2D eigenvalue weighted by atomic mass is 16.4. The predicted octanol–water partition coefficient (Wildman–Crippen LogP) is 3.26. The van der Waals surface area contributed by atoms with Gasteiger partial charge in [-0.25, -0.2) is 4.79 Å². The number of aryl methyl sites for hydroxylation is 1. The fourth-order valence-corrected chi connectivity index (χ4v) is 2.92. The van der Waals surface area contributed by atoms with Crippen molar-refractivity contribution in [2.75, 3.05) is 11.4 Å². The lowest BCUT2D eigenvalue weighted by Gasteiger charge is -2.21. The summed E-state index contributed by atoms with van der Waals surface area (Å²) < 4.78 is 0. The van der Waals surface area contributed by atoms with Crippen LogP contribution in [0.3, 0.4) is 0 Å². The quantitative estimate of drug-likeness (QED) is 0.928. The molecule has 2 aromatic carbocycles. The molecule has 1 aliphatic heterocycles. The van der Waals surface area contributed by atoms with Gasteiger partial charge in [0.25, 0.3) is 0 Å². The van der Waals surface area contributed by atoms with Crippen molar-refractivity contribution in [3.05, 3.63) is 64.7 Å². The Labute approximate surface area is 118 Å². The highest BCUT2D eigenvalue weighted by Gasteiger charge is 2.20. The van der Waals surface area contributed by atoms with Crippen molar-refractivity contribution in [2.24, 2.45) is 0 Å². The van der Waals surface area contributed by atoms with Gasteiger partial charge in [-0.3, -0.25) is 0 Å². The van der Waals surface area contributed by atoms with Gasteiger partial charge in [-0.2, -0.15) is 0 Å². The largest absolute Gasteiger partial charge is 0.478 e. The van der Waals surface area contributed by atoms with E-state index in [-0.39, 0.29) is 0 Å². The first-order valence-electron chi connectivity index (χ1n) is 6.81. The Morgan fingerprint density at radius 3 is 2.85 bits per heavy atom. The molecule has 0 bridgehead atoms. The number of hydrogen-bond acceptors (Lipinski definition) is 2. The average Bonchev–Trinajstić information content (AvgIpc) is 2.84. The van der Waals surface area contributed by atoms with Gasteiger partial charge in [-0.05, 0) is 42.2 Å². The average molecular weight is 267 g/mol. The maximum Gasteiger partial charge on any atom is 0.335 e. The first-order chi connectivity index (χ1) is 9.65. The molecule has 3 rings (SSSR count). The zero-order valence-corrected chi connectivity index (χ0v) is 11.5. The summed E-state index contributed by atoms with van der Waals surface area (Å²) in [5.74, 6) is -0.871. The number of aromatic carboxylic acids is 1. The summed E-state index contributed by atoms with van der Waals surface area (Å²) in [5, 5.41) is 9.06. The Bertz CT molecular complexity index is 664. The Balaban J connectivity index is 1.88. The number of rotatable bonds is 3. The lowest BCUT2D eigenvalue weighted by molar-refractivity contribution is 0.0696. The second kappa shape index (κ2) is 5.00. The molecule has 1 aliphatic rings. The van der Waals surface area contributed by atoms with E-state index in [2.05, 4.69) is 30.0 Å². The molecular formula is C17H17NO2. The van der Waals surface area contributed by atoms with Gasteiger partial charge in [0.15, 0.2) is 0 Å². The molecular weight excluding hydrogens is 250 g/mol. The smallest absolute Gasteiger partial charge is 0.335 e. The highest BCUT2D eigenvalue weighted by molar-refractivity contribution is 5.87. The number of para-hydroxylation sites is 1. The van der Waals surface area contributed by atoms with Gasteiger partial charge in [-0.15, -0.1) is 0 Å². The minimum Gasteiger partial charge on any atom is -0.478 e. The van der Waals surface area contributed by atoms with Crippen molar-refractivity contribution >= 4 is 11.7 Å². The van der Waals surface area contributed by atoms with Crippen LogP contribution in [-0.4, -0.2) is 17.6 Å². The molecule has 0 atom stereocenters. The number of fused-ring (bicyclic) bond motifs is 1. The number of nitrogens with zero attached hydrogens (tertiary/aromatic N) is 1. The molecule has 0 spiro atoms. The fraction of sp³-hybridized carbons (Fsp3) is 0.235. The zero-order chi connectivity index (χ0) is 14.1. The van der Waals surface area contributed by atoms with E-state index in [4.69, 9.17) is 5.11 Å². The normalized spacial score (nSPS) is 13.3. The summed E-state index contributed by atoms with van der Waals surface area (Å²) in [7, 11) is 0. The number of benzene rings is 2. The number of carboxylic acid groups (broad SMARTS) is 1. The summed E-state index contributed by atoms with van der Waals surface area (Å²) in [6, 6.07) is 13.6. The molecule has 3 heteroatoms. The van der Waals surface area contributed by atoms with E-state index in [9.17, 15) is 4.79 Å². The topological polar surface area (TPSA) is 40.5 Å². The van der Waals surface area contributed by atoms with Gasteiger partial charge in [0.2, 0.25) is 0 Å². The standard InChI is InChI=1S/C17H17NO2/c1-12-4-2-6-14-8-9-18(16(12)14)11-13-5-3-7-15(10-13)17(19)20/h2-7,10H,8-9,11H2,1H3,(H,19,20). The van der Waals surface area contributed by atoms with Crippen molar-refractivity contribution in [3.63, 3.8) is 0 Å². The van der Waals surface area contributed by atoms with Gasteiger partial charge < -0.3 is 10.0 Å². The third-order valence-electron chi connectivity index (χ3n) is 3.84. The van der Waals surface area contributed by atoms with Crippen molar-refractivity contribution in [1.82, 2.24) is 0 Å². The van der Waals surface area contributed by atoms with E-state index in [1.807, 2.05) is 12.1 Å². The van der Waals surface area contributed by atoms with Gasteiger partial charge in [0.1, 0.15) is 0 Å². The molecule has 1 N–H and O–H groups in total. The van der Waals surface area contributed by atoms with Gasteiger partial charge in [0.05, 0.1) is 5.56 Å². The number of hydrogen-bond donors (Lipinski definition) is 1. The Morgan fingerprint density at radius 1 is 1.25 bits per heavy atom. The third kappa shape index (κ3) is 2.27. The van der Waals surface area contributed by atoms with E-state index in [1.165, 1.54) is 16.8 Å². The number of anilines is 1. The number of carboxylic acids is 1. The van der Waals surface area contributed by atoms with E-state index < -0.39 is 5.97 Å². The second-order valence-corrected chi connectivity index (χ2v) is 5.26. The SMILES string of the molecule is Cc1cccc2c1N(Cc1cccc(C(=O)O)c1)CC2. The molecule has 0 saturated carbocycles. The maximum absolute atomic E-state index is 11.0. The monoisotopic (exact) mass is 267 g/mol. The molecule has 0 aliphatic carbocycles. The van der Waals surface area contributed by atoms with E-state index in [1.54, 1.807) is 12.1 Å². The van der Waals surface area contributed by atoms with Crippen molar-refractivity contribution in [2.45, 2.75) is 19.9 Å². The molecule has 0 unspecified atom stereocenters. The van der Waals surface area contributed by atoms with Gasteiger partial charge in [0, 0.05) is 18.8 Å². The molecule has 0 aromatic heterocycles. The van der Waals surface area contributed by atoms with E-state index in [0.717, 1.165) is 25.1 Å². The van der Waals surface area contributed by atoms with Gasteiger partial charge in [-0.1, -0.05) is 30.3 Å². The van der Waals surface area contributed by atoms with Crippen molar-refractivity contribution in [3.8, 4) is 0 Å².